The quantitative estimate of drug-likeness (QED) is 0.740. The molecule has 1 heterocycles. The average molecular weight is 235 g/mol. The third kappa shape index (κ3) is 1.82. The van der Waals surface area contributed by atoms with E-state index in [1.54, 1.807) is 32.4 Å². The molecule has 0 radical (unpaired) electrons. The molecule has 0 atom stereocenters. The second-order valence-electron chi connectivity index (χ2n) is 3.32. The zero-order valence-electron chi connectivity index (χ0n) is 9.54. The van der Waals surface area contributed by atoms with Gasteiger partial charge in [0.1, 0.15) is 11.5 Å². The Balaban J connectivity index is 2.55. The minimum Gasteiger partial charge on any atom is -0.497 e. The van der Waals surface area contributed by atoms with Crippen molar-refractivity contribution >= 4 is 5.95 Å². The summed E-state index contributed by atoms with van der Waals surface area (Å²) in [5.74, 6) is 7.55. The molecule has 2 aromatic rings. The number of hydrogen-bond donors (Lipinski definition) is 2. The van der Waals surface area contributed by atoms with Crippen LogP contribution in [0, 0.1) is 0 Å². The highest BCUT2D eigenvalue weighted by molar-refractivity contribution is 5.67. The molecule has 0 unspecified atom stereocenters. The molecule has 7 heteroatoms. The molecule has 2 rings (SSSR count). The number of aromatic nitrogens is 3. The third-order valence-corrected chi connectivity index (χ3v) is 2.37. The van der Waals surface area contributed by atoms with Crippen molar-refractivity contribution in [2.75, 3.05) is 25.8 Å². The lowest BCUT2D eigenvalue weighted by Crippen LogP contribution is -2.13. The molecule has 7 nitrogen and oxygen atoms in total. The Bertz CT molecular complexity index is 537. The first-order valence-electron chi connectivity index (χ1n) is 4.85. The maximum Gasteiger partial charge on any atom is 0.241 e. The molecular formula is C10H13N5O2. The fraction of sp³-hybridized carbons (Fsp3) is 0.200. The zero-order valence-corrected chi connectivity index (χ0v) is 9.54. The maximum atomic E-state index is 5.71. The van der Waals surface area contributed by atoms with E-state index in [4.69, 9.17) is 21.1 Å². The van der Waals surface area contributed by atoms with Crippen molar-refractivity contribution in [1.29, 1.82) is 0 Å². The highest BCUT2D eigenvalue weighted by Gasteiger charge is 2.14. The van der Waals surface area contributed by atoms with Gasteiger partial charge in [0.25, 0.3) is 0 Å². The van der Waals surface area contributed by atoms with E-state index in [1.165, 1.54) is 4.68 Å². The molecule has 0 aliphatic heterocycles. The fourth-order valence-corrected chi connectivity index (χ4v) is 1.47. The second kappa shape index (κ2) is 4.20. The summed E-state index contributed by atoms with van der Waals surface area (Å²) in [5.41, 5.74) is 6.22. The van der Waals surface area contributed by atoms with Gasteiger partial charge < -0.3 is 21.1 Å². The number of rotatable bonds is 3. The van der Waals surface area contributed by atoms with Gasteiger partial charge in [-0.3, -0.25) is 0 Å². The molecule has 0 spiro atoms. The number of methoxy groups -OCH3 is 2. The summed E-state index contributed by atoms with van der Waals surface area (Å²) in [6.07, 6.45) is 0. The largest absolute Gasteiger partial charge is 0.497 e. The van der Waals surface area contributed by atoms with Crippen LogP contribution in [0.15, 0.2) is 18.2 Å². The van der Waals surface area contributed by atoms with Crippen molar-refractivity contribution in [2.45, 2.75) is 0 Å². The van der Waals surface area contributed by atoms with Crippen LogP contribution in [0.4, 0.5) is 5.95 Å². The molecule has 4 N–H and O–H groups in total. The molecule has 0 aliphatic rings. The topological polar surface area (TPSA) is 101 Å². The number of hydrogen-bond acceptors (Lipinski definition) is 6. The Morgan fingerprint density at radius 3 is 2.47 bits per heavy atom. The fourth-order valence-electron chi connectivity index (χ4n) is 1.47. The Labute approximate surface area is 97.9 Å². The van der Waals surface area contributed by atoms with Crippen LogP contribution in [0.1, 0.15) is 0 Å². The molecule has 0 saturated heterocycles. The van der Waals surface area contributed by atoms with Gasteiger partial charge in [0, 0.05) is 6.07 Å². The molecule has 0 amide bonds. The Morgan fingerprint density at radius 1 is 1.18 bits per heavy atom. The second-order valence-corrected chi connectivity index (χ2v) is 3.32. The van der Waals surface area contributed by atoms with Gasteiger partial charge in [-0.2, -0.15) is 0 Å². The van der Waals surface area contributed by atoms with Crippen LogP contribution in [-0.2, 0) is 0 Å². The van der Waals surface area contributed by atoms with Crippen LogP contribution >= 0.6 is 0 Å². The van der Waals surface area contributed by atoms with Gasteiger partial charge >= 0.3 is 0 Å². The summed E-state index contributed by atoms with van der Waals surface area (Å²) in [5, 5.41) is 7.58. The number of nitrogens with zero attached hydrogens (tertiary/aromatic N) is 3. The summed E-state index contributed by atoms with van der Waals surface area (Å²) < 4.78 is 11.6. The lowest BCUT2D eigenvalue weighted by Gasteiger charge is -2.09. The predicted octanol–water partition coefficient (Wildman–Crippen LogP) is 0.258. The van der Waals surface area contributed by atoms with E-state index < -0.39 is 0 Å². The summed E-state index contributed by atoms with van der Waals surface area (Å²) in [6.45, 7) is 0. The smallest absolute Gasteiger partial charge is 0.241 e. The third-order valence-electron chi connectivity index (χ3n) is 2.37. The van der Waals surface area contributed by atoms with Crippen molar-refractivity contribution in [1.82, 2.24) is 14.9 Å². The van der Waals surface area contributed by atoms with Gasteiger partial charge in [0.05, 0.1) is 19.8 Å². The molecular weight excluding hydrogens is 222 g/mol. The maximum absolute atomic E-state index is 5.71. The van der Waals surface area contributed by atoms with Crippen molar-refractivity contribution in [3.63, 3.8) is 0 Å². The van der Waals surface area contributed by atoms with Crippen molar-refractivity contribution in [2.24, 2.45) is 0 Å². The van der Waals surface area contributed by atoms with Crippen LogP contribution in [0.5, 0.6) is 11.5 Å². The van der Waals surface area contributed by atoms with Gasteiger partial charge in [-0.05, 0) is 12.1 Å². The first-order chi connectivity index (χ1) is 8.17. The number of nitrogen functional groups attached to an aromatic ring is 2. The van der Waals surface area contributed by atoms with Crippen LogP contribution < -0.4 is 21.1 Å². The first-order valence-corrected chi connectivity index (χ1v) is 4.85. The summed E-state index contributed by atoms with van der Waals surface area (Å²) in [7, 11) is 3.14. The van der Waals surface area contributed by atoms with Crippen LogP contribution in [-0.4, -0.2) is 29.1 Å². The summed E-state index contributed by atoms with van der Waals surface area (Å²) >= 11 is 0. The molecule has 0 saturated carbocycles. The van der Waals surface area contributed by atoms with E-state index in [0.717, 1.165) is 0 Å². The number of anilines is 1. The van der Waals surface area contributed by atoms with Crippen LogP contribution in [0.2, 0.25) is 0 Å². The average Bonchev–Trinajstić information content (AvgIpc) is 2.69. The van der Waals surface area contributed by atoms with Gasteiger partial charge in [-0.1, -0.05) is 0 Å². The first kappa shape index (κ1) is 11.1. The standard InChI is InChI=1S/C10H13N5O2/c1-16-6-3-4-7(8(5-6)17-2)9-13-14-10(11)15(9)12/h3-5H,12H2,1-2H3,(H2,11,14). The van der Waals surface area contributed by atoms with Crippen molar-refractivity contribution in [3.05, 3.63) is 18.2 Å². The highest BCUT2D eigenvalue weighted by atomic mass is 16.5. The number of ether oxygens (including phenoxy) is 2. The summed E-state index contributed by atoms with van der Waals surface area (Å²) in [6, 6.07) is 5.30. The predicted molar refractivity (Wildman–Crippen MR) is 63.1 cm³/mol. The van der Waals surface area contributed by atoms with Crippen molar-refractivity contribution in [3.8, 4) is 22.9 Å². The minimum absolute atomic E-state index is 0.137. The SMILES string of the molecule is COc1ccc(-c2nnc(N)n2N)c(OC)c1. The summed E-state index contributed by atoms with van der Waals surface area (Å²) in [4.78, 5) is 0. The zero-order chi connectivity index (χ0) is 12.4. The van der Waals surface area contributed by atoms with E-state index in [1.807, 2.05) is 0 Å². The normalized spacial score (nSPS) is 10.2. The van der Waals surface area contributed by atoms with Gasteiger partial charge in [0.2, 0.25) is 5.95 Å². The Hall–Kier alpha value is -2.44. The van der Waals surface area contributed by atoms with Gasteiger partial charge in [-0.25, -0.2) is 4.68 Å². The molecule has 1 aromatic carbocycles. The highest BCUT2D eigenvalue weighted by Crippen LogP contribution is 2.31. The molecule has 90 valence electrons. The molecule has 17 heavy (non-hydrogen) atoms. The van der Waals surface area contributed by atoms with Crippen LogP contribution in [0.25, 0.3) is 11.4 Å². The van der Waals surface area contributed by atoms with Crippen LogP contribution in [0.3, 0.4) is 0 Å². The van der Waals surface area contributed by atoms with E-state index in [-0.39, 0.29) is 5.95 Å². The van der Waals surface area contributed by atoms with E-state index in [2.05, 4.69) is 10.2 Å². The molecule has 1 aromatic heterocycles. The van der Waals surface area contributed by atoms with E-state index in [0.29, 0.717) is 22.9 Å². The van der Waals surface area contributed by atoms with E-state index in [9.17, 15) is 0 Å². The number of nitrogens with two attached hydrogens (primary N) is 2. The minimum atomic E-state index is 0.137. The molecule has 0 aliphatic carbocycles. The Kier molecular flexibility index (Phi) is 2.73. The number of benzene rings is 1. The molecule has 0 bridgehead atoms. The monoisotopic (exact) mass is 235 g/mol. The van der Waals surface area contributed by atoms with Crippen molar-refractivity contribution < 1.29 is 9.47 Å². The molecule has 0 fully saturated rings. The Morgan fingerprint density at radius 2 is 1.94 bits per heavy atom. The van der Waals surface area contributed by atoms with E-state index >= 15 is 0 Å². The van der Waals surface area contributed by atoms with Gasteiger partial charge in [0.15, 0.2) is 5.82 Å². The lowest BCUT2D eigenvalue weighted by molar-refractivity contribution is 0.395. The van der Waals surface area contributed by atoms with Gasteiger partial charge in [-0.15, -0.1) is 10.2 Å². The lowest BCUT2D eigenvalue weighted by atomic mass is 10.2.